The van der Waals surface area contributed by atoms with Crippen molar-refractivity contribution in [3.05, 3.63) is 35.9 Å². The van der Waals surface area contributed by atoms with Crippen LogP contribution < -0.4 is 5.73 Å². The Morgan fingerprint density at radius 1 is 1.13 bits per heavy atom. The van der Waals surface area contributed by atoms with Crippen molar-refractivity contribution in [3.8, 4) is 0 Å². The van der Waals surface area contributed by atoms with Crippen LogP contribution in [0.25, 0.3) is 0 Å². The van der Waals surface area contributed by atoms with Crippen molar-refractivity contribution in [1.82, 2.24) is 0 Å². The van der Waals surface area contributed by atoms with E-state index in [1.54, 1.807) is 0 Å². The highest BCUT2D eigenvalue weighted by molar-refractivity contribution is 5.19. The fraction of sp³-hybridized carbons (Fsp3) is 0.538. The highest BCUT2D eigenvalue weighted by Crippen LogP contribution is 2.32. The van der Waals surface area contributed by atoms with Crippen LogP contribution in [-0.2, 0) is 0 Å². The summed E-state index contributed by atoms with van der Waals surface area (Å²) in [4.78, 5) is 0. The molecule has 0 spiro atoms. The molecule has 0 radical (unpaired) electrons. The van der Waals surface area contributed by atoms with Gasteiger partial charge in [-0.25, -0.2) is 0 Å². The van der Waals surface area contributed by atoms with Crippen LogP contribution in [0.1, 0.15) is 37.3 Å². The van der Waals surface area contributed by atoms with Crippen LogP contribution in [0, 0.1) is 5.92 Å². The van der Waals surface area contributed by atoms with Crippen LogP contribution >= 0.6 is 0 Å². The average Bonchev–Trinajstić information content (AvgIpc) is 2.82. The first kappa shape index (κ1) is 10.7. The van der Waals surface area contributed by atoms with Gasteiger partial charge >= 0.3 is 0 Å². The Balaban J connectivity index is 2.03. The maximum Gasteiger partial charge on any atom is 0.0760 e. The fourth-order valence-corrected chi connectivity index (χ4v) is 2.46. The molecule has 0 saturated heterocycles. The van der Waals surface area contributed by atoms with E-state index < -0.39 is 0 Å². The summed E-state index contributed by atoms with van der Waals surface area (Å²) in [7, 11) is 0. The zero-order valence-corrected chi connectivity index (χ0v) is 8.97. The summed E-state index contributed by atoms with van der Waals surface area (Å²) in [5.41, 5.74) is 7.11. The van der Waals surface area contributed by atoms with Crippen molar-refractivity contribution in [1.29, 1.82) is 0 Å². The van der Waals surface area contributed by atoms with E-state index in [4.69, 9.17) is 5.73 Å². The van der Waals surface area contributed by atoms with Crippen molar-refractivity contribution in [2.24, 2.45) is 11.7 Å². The highest BCUT2D eigenvalue weighted by atomic mass is 16.3. The molecule has 0 unspecified atom stereocenters. The van der Waals surface area contributed by atoms with Crippen LogP contribution in [0.4, 0.5) is 0 Å². The quantitative estimate of drug-likeness (QED) is 0.795. The van der Waals surface area contributed by atoms with E-state index in [9.17, 15) is 5.11 Å². The molecule has 82 valence electrons. The molecule has 2 heteroatoms. The Bertz CT molecular complexity index is 293. The van der Waals surface area contributed by atoms with Crippen LogP contribution in [0.3, 0.4) is 0 Å². The Hall–Kier alpha value is -0.860. The molecule has 0 bridgehead atoms. The molecule has 1 fully saturated rings. The number of hydrogen-bond acceptors (Lipinski definition) is 2. The summed E-state index contributed by atoms with van der Waals surface area (Å²) in [6.45, 7) is 0. The van der Waals surface area contributed by atoms with Gasteiger partial charge in [0, 0.05) is 0 Å². The van der Waals surface area contributed by atoms with E-state index in [-0.39, 0.29) is 12.1 Å². The van der Waals surface area contributed by atoms with Gasteiger partial charge in [-0.2, -0.15) is 0 Å². The molecule has 0 heterocycles. The fourth-order valence-electron chi connectivity index (χ4n) is 2.46. The Morgan fingerprint density at radius 3 is 2.33 bits per heavy atom. The van der Waals surface area contributed by atoms with Crippen molar-refractivity contribution in [2.45, 2.75) is 37.8 Å². The predicted octanol–water partition coefficient (Wildman–Crippen LogP) is 2.24. The first-order chi connectivity index (χ1) is 7.29. The van der Waals surface area contributed by atoms with Crippen LogP contribution in [0.2, 0.25) is 0 Å². The second-order valence-electron chi connectivity index (χ2n) is 4.47. The van der Waals surface area contributed by atoms with Gasteiger partial charge in [0.15, 0.2) is 0 Å². The number of rotatable bonds is 3. The SMILES string of the molecule is N[C@H](c1ccccc1)[C@@H](O)C1CCCC1. The topological polar surface area (TPSA) is 46.2 Å². The molecule has 15 heavy (non-hydrogen) atoms. The standard InChI is InChI=1S/C13H19NO/c14-12(10-6-2-1-3-7-10)13(15)11-8-4-5-9-11/h1-3,6-7,11-13,15H,4-5,8-9,14H2/t12-,13+/m1/s1. The molecule has 0 aromatic heterocycles. The van der Waals surface area contributed by atoms with E-state index in [0.717, 1.165) is 18.4 Å². The lowest BCUT2D eigenvalue weighted by molar-refractivity contribution is 0.0845. The molecule has 2 nitrogen and oxygen atoms in total. The van der Waals surface area contributed by atoms with Gasteiger partial charge in [-0.05, 0) is 24.3 Å². The van der Waals surface area contributed by atoms with Crippen LogP contribution in [0.15, 0.2) is 30.3 Å². The van der Waals surface area contributed by atoms with Crippen LogP contribution in [0.5, 0.6) is 0 Å². The minimum atomic E-state index is -0.380. The summed E-state index contributed by atoms with van der Waals surface area (Å²) in [6, 6.07) is 9.66. The smallest absolute Gasteiger partial charge is 0.0760 e. The Kier molecular flexibility index (Phi) is 3.39. The molecular formula is C13H19NO. The zero-order valence-electron chi connectivity index (χ0n) is 8.97. The Labute approximate surface area is 91.1 Å². The zero-order chi connectivity index (χ0) is 10.7. The molecule has 2 atom stereocenters. The van der Waals surface area contributed by atoms with Gasteiger partial charge < -0.3 is 10.8 Å². The third-order valence-corrected chi connectivity index (χ3v) is 3.44. The van der Waals surface area contributed by atoms with E-state index in [0.29, 0.717) is 5.92 Å². The van der Waals surface area contributed by atoms with Crippen molar-refractivity contribution >= 4 is 0 Å². The van der Waals surface area contributed by atoms with Gasteiger partial charge in [0.25, 0.3) is 0 Å². The minimum Gasteiger partial charge on any atom is -0.391 e. The van der Waals surface area contributed by atoms with Gasteiger partial charge in [-0.1, -0.05) is 43.2 Å². The summed E-state index contributed by atoms with van der Waals surface area (Å²) >= 11 is 0. The lowest BCUT2D eigenvalue weighted by atomic mass is 9.91. The van der Waals surface area contributed by atoms with Gasteiger partial charge in [0.2, 0.25) is 0 Å². The lowest BCUT2D eigenvalue weighted by Crippen LogP contribution is -2.31. The second kappa shape index (κ2) is 4.77. The normalized spacial score (nSPS) is 21.5. The number of hydrogen-bond donors (Lipinski definition) is 2. The van der Waals surface area contributed by atoms with Crippen LogP contribution in [-0.4, -0.2) is 11.2 Å². The minimum absolute atomic E-state index is 0.228. The molecule has 2 rings (SSSR count). The maximum atomic E-state index is 10.1. The molecule has 1 aromatic carbocycles. The third-order valence-electron chi connectivity index (χ3n) is 3.44. The summed E-state index contributed by atoms with van der Waals surface area (Å²) in [5.74, 6) is 0.403. The first-order valence-electron chi connectivity index (χ1n) is 5.77. The number of aliphatic hydroxyl groups is 1. The molecule has 1 aliphatic rings. The summed E-state index contributed by atoms with van der Waals surface area (Å²) in [5, 5.41) is 10.1. The van der Waals surface area contributed by atoms with E-state index in [2.05, 4.69) is 0 Å². The Morgan fingerprint density at radius 2 is 1.73 bits per heavy atom. The summed E-state index contributed by atoms with van der Waals surface area (Å²) in [6.07, 6.45) is 4.35. The monoisotopic (exact) mass is 205 g/mol. The third kappa shape index (κ3) is 2.39. The van der Waals surface area contributed by atoms with Crippen molar-refractivity contribution < 1.29 is 5.11 Å². The molecule has 0 aliphatic heterocycles. The van der Waals surface area contributed by atoms with E-state index in [1.165, 1.54) is 12.8 Å². The molecule has 0 amide bonds. The number of aliphatic hydroxyl groups excluding tert-OH is 1. The van der Waals surface area contributed by atoms with E-state index in [1.807, 2.05) is 30.3 Å². The van der Waals surface area contributed by atoms with Gasteiger partial charge in [-0.15, -0.1) is 0 Å². The number of benzene rings is 1. The maximum absolute atomic E-state index is 10.1. The molecule has 1 saturated carbocycles. The first-order valence-corrected chi connectivity index (χ1v) is 5.77. The summed E-state index contributed by atoms with van der Waals surface area (Å²) < 4.78 is 0. The van der Waals surface area contributed by atoms with Gasteiger partial charge in [0.05, 0.1) is 12.1 Å². The molecule has 1 aliphatic carbocycles. The van der Waals surface area contributed by atoms with Crippen molar-refractivity contribution in [2.75, 3.05) is 0 Å². The second-order valence-corrected chi connectivity index (χ2v) is 4.47. The van der Waals surface area contributed by atoms with Gasteiger partial charge in [-0.3, -0.25) is 0 Å². The van der Waals surface area contributed by atoms with E-state index >= 15 is 0 Å². The molecule has 1 aromatic rings. The molecule has 3 N–H and O–H groups in total. The largest absolute Gasteiger partial charge is 0.391 e. The lowest BCUT2D eigenvalue weighted by Gasteiger charge is -2.24. The number of nitrogens with two attached hydrogens (primary N) is 1. The highest BCUT2D eigenvalue weighted by Gasteiger charge is 2.28. The molecular weight excluding hydrogens is 186 g/mol. The van der Waals surface area contributed by atoms with Crippen molar-refractivity contribution in [3.63, 3.8) is 0 Å². The predicted molar refractivity (Wildman–Crippen MR) is 61.3 cm³/mol. The average molecular weight is 205 g/mol. The van der Waals surface area contributed by atoms with Gasteiger partial charge in [0.1, 0.15) is 0 Å².